The van der Waals surface area contributed by atoms with E-state index in [1.54, 1.807) is 0 Å². The zero-order chi connectivity index (χ0) is 12.8. The molecule has 0 fully saturated rings. The van der Waals surface area contributed by atoms with Gasteiger partial charge in [-0.1, -0.05) is 35.9 Å². The fraction of sp³-hybridized carbons (Fsp3) is 0.200. The Kier molecular flexibility index (Phi) is 4.48. The highest BCUT2D eigenvalue weighted by Crippen LogP contribution is 2.22. The molecule has 0 spiro atoms. The Morgan fingerprint density at radius 3 is 2.61 bits per heavy atom. The highest BCUT2D eigenvalue weighted by atomic mass is 35.5. The van der Waals surface area contributed by atoms with Crippen LogP contribution in [-0.2, 0) is 0 Å². The van der Waals surface area contributed by atoms with E-state index < -0.39 is 0 Å². The number of anilines is 1. The second kappa shape index (κ2) is 6.31. The number of nitrogens with one attached hydrogen (secondary N) is 1. The first-order chi connectivity index (χ1) is 8.77. The van der Waals surface area contributed by atoms with E-state index in [2.05, 4.69) is 5.32 Å². The number of para-hydroxylation sites is 1. The fourth-order valence-electron chi connectivity index (χ4n) is 1.67. The molecule has 2 aromatic rings. The summed E-state index contributed by atoms with van der Waals surface area (Å²) >= 11 is 6.05. The summed E-state index contributed by atoms with van der Waals surface area (Å²) in [5.74, 6) is 0.891. The summed E-state index contributed by atoms with van der Waals surface area (Å²) in [6.07, 6.45) is 0. The van der Waals surface area contributed by atoms with Crippen LogP contribution in [-0.4, -0.2) is 13.2 Å². The molecule has 0 saturated carbocycles. The van der Waals surface area contributed by atoms with E-state index in [4.69, 9.17) is 16.3 Å². The quantitative estimate of drug-likeness (QED) is 0.817. The molecular weight excluding hydrogens is 246 g/mol. The maximum absolute atomic E-state index is 6.05. The summed E-state index contributed by atoms with van der Waals surface area (Å²) in [6.45, 7) is 3.37. The lowest BCUT2D eigenvalue weighted by atomic mass is 10.2. The minimum Gasteiger partial charge on any atom is -0.492 e. The molecule has 0 aliphatic rings. The topological polar surface area (TPSA) is 21.3 Å². The zero-order valence-electron chi connectivity index (χ0n) is 10.3. The van der Waals surface area contributed by atoms with Crippen molar-refractivity contribution in [3.8, 4) is 5.75 Å². The molecule has 0 amide bonds. The Hall–Kier alpha value is -1.67. The highest BCUT2D eigenvalue weighted by molar-refractivity contribution is 6.31. The summed E-state index contributed by atoms with van der Waals surface area (Å²) < 4.78 is 5.60. The number of hydrogen-bond acceptors (Lipinski definition) is 2. The molecule has 0 saturated heterocycles. The van der Waals surface area contributed by atoms with Gasteiger partial charge in [0.1, 0.15) is 12.4 Å². The van der Waals surface area contributed by atoms with Gasteiger partial charge in [-0.3, -0.25) is 0 Å². The molecule has 0 aromatic heterocycles. The van der Waals surface area contributed by atoms with Gasteiger partial charge in [-0.2, -0.15) is 0 Å². The summed E-state index contributed by atoms with van der Waals surface area (Å²) in [6, 6.07) is 15.6. The third kappa shape index (κ3) is 3.41. The van der Waals surface area contributed by atoms with Crippen LogP contribution in [0.5, 0.6) is 5.75 Å². The van der Waals surface area contributed by atoms with E-state index in [0.29, 0.717) is 6.61 Å². The number of rotatable bonds is 5. The Balaban J connectivity index is 1.81. The molecule has 0 heterocycles. The number of benzene rings is 2. The lowest BCUT2D eigenvalue weighted by Gasteiger charge is -2.11. The van der Waals surface area contributed by atoms with Crippen molar-refractivity contribution >= 4 is 17.3 Å². The third-order valence-electron chi connectivity index (χ3n) is 2.70. The van der Waals surface area contributed by atoms with E-state index in [1.165, 1.54) is 0 Å². The molecule has 0 aliphatic heterocycles. The van der Waals surface area contributed by atoms with E-state index in [1.807, 2.05) is 55.5 Å². The van der Waals surface area contributed by atoms with Crippen molar-refractivity contribution in [1.82, 2.24) is 0 Å². The molecule has 0 aliphatic carbocycles. The Bertz CT molecular complexity index is 499. The van der Waals surface area contributed by atoms with E-state index in [9.17, 15) is 0 Å². The molecule has 3 heteroatoms. The van der Waals surface area contributed by atoms with Gasteiger partial charge in [-0.25, -0.2) is 0 Å². The molecule has 0 radical (unpaired) electrons. The second-order valence-electron chi connectivity index (χ2n) is 4.00. The van der Waals surface area contributed by atoms with Crippen LogP contribution in [0.3, 0.4) is 0 Å². The summed E-state index contributed by atoms with van der Waals surface area (Å²) in [5, 5.41) is 4.10. The van der Waals surface area contributed by atoms with Gasteiger partial charge in [0, 0.05) is 17.3 Å². The zero-order valence-corrected chi connectivity index (χ0v) is 11.1. The van der Waals surface area contributed by atoms with Crippen molar-refractivity contribution in [3.63, 3.8) is 0 Å². The van der Waals surface area contributed by atoms with Gasteiger partial charge in [0.2, 0.25) is 0 Å². The predicted molar refractivity (Wildman–Crippen MR) is 76.6 cm³/mol. The second-order valence-corrected chi connectivity index (χ2v) is 4.41. The van der Waals surface area contributed by atoms with Gasteiger partial charge < -0.3 is 10.1 Å². The van der Waals surface area contributed by atoms with Gasteiger partial charge in [0.15, 0.2) is 0 Å². The highest BCUT2D eigenvalue weighted by Gasteiger charge is 2.00. The van der Waals surface area contributed by atoms with Gasteiger partial charge in [0.05, 0.1) is 0 Å². The lowest BCUT2D eigenvalue weighted by molar-refractivity contribution is 0.333. The van der Waals surface area contributed by atoms with Crippen LogP contribution in [0.15, 0.2) is 48.5 Å². The molecule has 0 bridgehead atoms. The number of ether oxygens (including phenoxy) is 1. The van der Waals surface area contributed by atoms with E-state index in [0.717, 1.165) is 28.6 Å². The van der Waals surface area contributed by atoms with Gasteiger partial charge in [-0.15, -0.1) is 0 Å². The fourth-order valence-corrected chi connectivity index (χ4v) is 1.84. The molecule has 0 atom stereocenters. The largest absolute Gasteiger partial charge is 0.492 e. The van der Waals surface area contributed by atoms with E-state index >= 15 is 0 Å². The molecule has 2 nitrogen and oxygen atoms in total. The Labute approximate surface area is 113 Å². The van der Waals surface area contributed by atoms with Gasteiger partial charge in [-0.05, 0) is 36.8 Å². The lowest BCUT2D eigenvalue weighted by Crippen LogP contribution is -2.12. The average molecular weight is 262 g/mol. The minimum absolute atomic E-state index is 0.621. The smallest absolute Gasteiger partial charge is 0.119 e. The van der Waals surface area contributed by atoms with Crippen LogP contribution in [0.1, 0.15) is 5.56 Å². The first-order valence-electron chi connectivity index (χ1n) is 5.94. The van der Waals surface area contributed by atoms with Crippen molar-refractivity contribution in [1.29, 1.82) is 0 Å². The molecule has 0 unspecified atom stereocenters. The van der Waals surface area contributed by atoms with Crippen LogP contribution in [0.25, 0.3) is 0 Å². The van der Waals surface area contributed by atoms with Crippen molar-refractivity contribution in [3.05, 3.63) is 59.1 Å². The van der Waals surface area contributed by atoms with Crippen LogP contribution >= 0.6 is 11.6 Å². The van der Waals surface area contributed by atoms with Crippen LogP contribution in [0, 0.1) is 6.92 Å². The summed E-state index contributed by atoms with van der Waals surface area (Å²) in [7, 11) is 0. The van der Waals surface area contributed by atoms with Crippen molar-refractivity contribution in [2.45, 2.75) is 6.92 Å². The monoisotopic (exact) mass is 261 g/mol. The maximum atomic E-state index is 6.05. The maximum Gasteiger partial charge on any atom is 0.119 e. The Morgan fingerprint density at radius 1 is 1.06 bits per heavy atom. The predicted octanol–water partition coefficient (Wildman–Crippen LogP) is 4.14. The SMILES string of the molecule is Cc1c(Cl)cccc1NCCOc1ccccc1. The van der Waals surface area contributed by atoms with Crippen molar-refractivity contribution in [2.75, 3.05) is 18.5 Å². The van der Waals surface area contributed by atoms with E-state index in [-0.39, 0.29) is 0 Å². The molecule has 2 rings (SSSR count). The molecular formula is C15H16ClNO. The third-order valence-corrected chi connectivity index (χ3v) is 3.11. The molecule has 94 valence electrons. The van der Waals surface area contributed by atoms with Gasteiger partial charge in [0.25, 0.3) is 0 Å². The van der Waals surface area contributed by atoms with Crippen molar-refractivity contribution < 1.29 is 4.74 Å². The number of halogens is 1. The molecule has 2 aromatic carbocycles. The number of hydrogen-bond donors (Lipinski definition) is 1. The standard InChI is InChI=1S/C15H16ClNO/c1-12-14(16)8-5-9-15(12)17-10-11-18-13-6-3-2-4-7-13/h2-9,17H,10-11H2,1H3. The average Bonchev–Trinajstić information content (AvgIpc) is 2.40. The van der Waals surface area contributed by atoms with Crippen molar-refractivity contribution in [2.24, 2.45) is 0 Å². The van der Waals surface area contributed by atoms with Gasteiger partial charge >= 0.3 is 0 Å². The van der Waals surface area contributed by atoms with Crippen LogP contribution in [0.4, 0.5) is 5.69 Å². The molecule has 1 N–H and O–H groups in total. The summed E-state index contributed by atoms with van der Waals surface area (Å²) in [5.41, 5.74) is 2.12. The molecule has 18 heavy (non-hydrogen) atoms. The van der Waals surface area contributed by atoms with Crippen LogP contribution < -0.4 is 10.1 Å². The first kappa shape index (κ1) is 12.8. The van der Waals surface area contributed by atoms with Crippen LogP contribution in [0.2, 0.25) is 5.02 Å². The minimum atomic E-state index is 0.621. The Morgan fingerprint density at radius 2 is 1.83 bits per heavy atom. The summed E-state index contributed by atoms with van der Waals surface area (Å²) in [4.78, 5) is 0. The normalized spacial score (nSPS) is 10.1. The first-order valence-corrected chi connectivity index (χ1v) is 6.32.